The summed E-state index contributed by atoms with van der Waals surface area (Å²) in [5, 5.41) is 6.03. The lowest BCUT2D eigenvalue weighted by molar-refractivity contribution is 0.0950. The Morgan fingerprint density at radius 2 is 1.96 bits per heavy atom. The van der Waals surface area contributed by atoms with E-state index in [1.807, 2.05) is 69.4 Å². The van der Waals surface area contributed by atoms with Gasteiger partial charge in [-0.2, -0.15) is 0 Å². The first-order valence-corrected chi connectivity index (χ1v) is 8.10. The summed E-state index contributed by atoms with van der Waals surface area (Å²) >= 11 is 0. The number of hydrogen-bond donors (Lipinski definition) is 2. The topological polar surface area (TPSA) is 58.9 Å². The number of aryl methyl sites for hydroxylation is 1. The highest BCUT2D eigenvalue weighted by Crippen LogP contribution is 2.22. The fourth-order valence-electron chi connectivity index (χ4n) is 2.69. The number of hydrogen-bond acceptors (Lipinski definition) is 3. The van der Waals surface area contributed by atoms with Gasteiger partial charge in [0.05, 0.1) is 11.0 Å². The molecule has 0 aliphatic heterocycles. The minimum absolute atomic E-state index is 0.0779. The van der Waals surface area contributed by atoms with Gasteiger partial charge in [0, 0.05) is 23.8 Å². The molecule has 1 amide bonds. The van der Waals surface area contributed by atoms with Crippen molar-refractivity contribution in [1.82, 2.24) is 20.2 Å². The highest BCUT2D eigenvalue weighted by Gasteiger charge is 2.13. The molecule has 0 bridgehead atoms. The second-order valence-corrected chi connectivity index (χ2v) is 5.93. The van der Waals surface area contributed by atoms with Crippen molar-refractivity contribution in [2.45, 2.75) is 19.9 Å². The molecule has 1 aromatic heterocycles. The number of benzene rings is 2. The van der Waals surface area contributed by atoms with Crippen LogP contribution in [0.25, 0.3) is 16.7 Å². The number of rotatable bonds is 5. The Morgan fingerprint density at radius 3 is 2.67 bits per heavy atom. The van der Waals surface area contributed by atoms with E-state index in [4.69, 9.17) is 0 Å². The molecule has 24 heavy (non-hydrogen) atoms. The van der Waals surface area contributed by atoms with Gasteiger partial charge in [0.15, 0.2) is 0 Å². The van der Waals surface area contributed by atoms with Gasteiger partial charge in [-0.3, -0.25) is 9.36 Å². The lowest BCUT2D eigenvalue weighted by Gasteiger charge is -2.11. The fraction of sp³-hybridized carbons (Fsp3) is 0.263. The molecular weight excluding hydrogens is 300 g/mol. The van der Waals surface area contributed by atoms with Crippen molar-refractivity contribution < 1.29 is 4.79 Å². The number of likely N-dealkylation sites (N-methyl/N-ethyl adjacent to an activating group) is 1. The first-order valence-electron chi connectivity index (χ1n) is 8.10. The molecule has 0 radical (unpaired) electrons. The Bertz CT molecular complexity index is 854. The Kier molecular flexibility index (Phi) is 4.62. The van der Waals surface area contributed by atoms with Gasteiger partial charge in [0.25, 0.3) is 5.91 Å². The van der Waals surface area contributed by atoms with Crippen LogP contribution >= 0.6 is 0 Å². The molecule has 0 fully saturated rings. The third-order valence-electron chi connectivity index (χ3n) is 4.16. The van der Waals surface area contributed by atoms with E-state index in [1.54, 1.807) is 0 Å². The number of para-hydroxylation sites is 1. The molecule has 2 aromatic carbocycles. The van der Waals surface area contributed by atoms with E-state index in [2.05, 4.69) is 20.2 Å². The minimum atomic E-state index is -0.0779. The lowest BCUT2D eigenvalue weighted by Crippen LogP contribution is -2.37. The summed E-state index contributed by atoms with van der Waals surface area (Å²) in [6.07, 6.45) is 0. The summed E-state index contributed by atoms with van der Waals surface area (Å²) < 4.78 is 2.10. The summed E-state index contributed by atoms with van der Waals surface area (Å²) in [6, 6.07) is 16.0. The summed E-state index contributed by atoms with van der Waals surface area (Å²) in [6.45, 7) is 4.58. The molecule has 3 rings (SSSR count). The molecule has 1 atom stereocenters. The van der Waals surface area contributed by atoms with Crippen LogP contribution in [0.3, 0.4) is 0 Å². The lowest BCUT2D eigenvalue weighted by atomic mass is 10.1. The maximum atomic E-state index is 12.3. The van der Waals surface area contributed by atoms with Gasteiger partial charge in [-0.15, -0.1) is 0 Å². The van der Waals surface area contributed by atoms with E-state index in [-0.39, 0.29) is 11.9 Å². The van der Waals surface area contributed by atoms with Gasteiger partial charge < -0.3 is 10.6 Å². The molecule has 0 aliphatic carbocycles. The molecular formula is C19H22N4O. The number of carbonyl (C=O) groups is 1. The van der Waals surface area contributed by atoms with Crippen molar-refractivity contribution in [3.63, 3.8) is 0 Å². The van der Waals surface area contributed by atoms with Gasteiger partial charge in [0.2, 0.25) is 0 Å². The number of fused-ring (bicyclic) bond motifs is 1. The van der Waals surface area contributed by atoms with Crippen LogP contribution in [-0.2, 0) is 0 Å². The monoisotopic (exact) mass is 322 g/mol. The van der Waals surface area contributed by atoms with Crippen molar-refractivity contribution in [1.29, 1.82) is 0 Å². The predicted octanol–water partition coefficient (Wildman–Crippen LogP) is 2.67. The molecule has 0 saturated heterocycles. The van der Waals surface area contributed by atoms with Crippen molar-refractivity contribution in [3.05, 3.63) is 59.9 Å². The van der Waals surface area contributed by atoms with Crippen LogP contribution in [0.15, 0.2) is 48.5 Å². The molecule has 5 heteroatoms. The molecule has 2 N–H and O–H groups in total. The largest absolute Gasteiger partial charge is 0.350 e. The van der Waals surface area contributed by atoms with Crippen LogP contribution in [0.2, 0.25) is 0 Å². The van der Waals surface area contributed by atoms with E-state index in [0.29, 0.717) is 12.1 Å². The summed E-state index contributed by atoms with van der Waals surface area (Å²) in [5.41, 5.74) is 3.52. The third-order valence-corrected chi connectivity index (χ3v) is 4.16. The Balaban J connectivity index is 1.92. The maximum Gasteiger partial charge on any atom is 0.251 e. The van der Waals surface area contributed by atoms with Crippen LogP contribution in [0.4, 0.5) is 0 Å². The number of imidazole rings is 1. The second-order valence-electron chi connectivity index (χ2n) is 5.93. The third kappa shape index (κ3) is 3.16. The zero-order valence-electron chi connectivity index (χ0n) is 14.2. The Hall–Kier alpha value is -2.66. The van der Waals surface area contributed by atoms with E-state index < -0.39 is 0 Å². The van der Waals surface area contributed by atoms with Gasteiger partial charge >= 0.3 is 0 Å². The molecule has 124 valence electrons. The van der Waals surface area contributed by atoms with Crippen LogP contribution in [0, 0.1) is 6.92 Å². The number of nitrogens with zero attached hydrogens (tertiary/aromatic N) is 2. The van der Waals surface area contributed by atoms with Gasteiger partial charge in [-0.25, -0.2) is 4.98 Å². The van der Waals surface area contributed by atoms with Crippen LogP contribution in [0.1, 0.15) is 23.1 Å². The van der Waals surface area contributed by atoms with Crippen molar-refractivity contribution in [2.24, 2.45) is 0 Å². The average molecular weight is 322 g/mol. The predicted molar refractivity (Wildman–Crippen MR) is 96.7 cm³/mol. The molecule has 0 aliphatic rings. The van der Waals surface area contributed by atoms with E-state index in [0.717, 1.165) is 22.5 Å². The summed E-state index contributed by atoms with van der Waals surface area (Å²) in [5.74, 6) is 0.823. The molecule has 0 spiro atoms. The average Bonchev–Trinajstić information content (AvgIpc) is 2.94. The molecule has 0 saturated carbocycles. The van der Waals surface area contributed by atoms with Crippen molar-refractivity contribution in [3.8, 4) is 5.69 Å². The van der Waals surface area contributed by atoms with Crippen LogP contribution in [0.5, 0.6) is 0 Å². The maximum absolute atomic E-state index is 12.3. The highest BCUT2D eigenvalue weighted by molar-refractivity contribution is 5.97. The van der Waals surface area contributed by atoms with Crippen molar-refractivity contribution in [2.75, 3.05) is 13.6 Å². The van der Waals surface area contributed by atoms with Gasteiger partial charge in [0.1, 0.15) is 5.82 Å². The SMILES string of the molecule is CNC(C)CNC(=O)c1ccc2c(c1)nc(C)n2-c1ccccc1. The first-order chi connectivity index (χ1) is 11.6. The quantitative estimate of drug-likeness (QED) is 0.759. The summed E-state index contributed by atoms with van der Waals surface area (Å²) in [4.78, 5) is 16.9. The van der Waals surface area contributed by atoms with E-state index in [1.165, 1.54) is 0 Å². The minimum Gasteiger partial charge on any atom is -0.350 e. The van der Waals surface area contributed by atoms with E-state index in [9.17, 15) is 4.79 Å². The van der Waals surface area contributed by atoms with Gasteiger partial charge in [-0.1, -0.05) is 18.2 Å². The molecule has 5 nitrogen and oxygen atoms in total. The zero-order valence-corrected chi connectivity index (χ0v) is 14.2. The summed E-state index contributed by atoms with van der Waals surface area (Å²) in [7, 11) is 1.88. The van der Waals surface area contributed by atoms with Crippen molar-refractivity contribution >= 4 is 16.9 Å². The Labute approximate surface area is 141 Å². The van der Waals surface area contributed by atoms with E-state index >= 15 is 0 Å². The first kappa shape index (κ1) is 16.2. The number of carbonyl (C=O) groups excluding carboxylic acids is 1. The standard InChI is InChI=1S/C19H22N4O/c1-13(20-3)12-21-19(24)15-9-10-18-17(11-15)22-14(2)23(18)16-7-5-4-6-8-16/h4-11,13,20H,12H2,1-3H3,(H,21,24). The number of aromatic nitrogens is 2. The van der Waals surface area contributed by atoms with Crippen LogP contribution < -0.4 is 10.6 Å². The normalized spacial score (nSPS) is 12.3. The fourth-order valence-corrected chi connectivity index (χ4v) is 2.69. The highest BCUT2D eigenvalue weighted by atomic mass is 16.1. The Morgan fingerprint density at radius 1 is 1.21 bits per heavy atom. The van der Waals surface area contributed by atoms with Crippen LogP contribution in [-0.4, -0.2) is 35.1 Å². The molecule has 3 aromatic rings. The number of nitrogens with one attached hydrogen (secondary N) is 2. The van der Waals surface area contributed by atoms with Gasteiger partial charge in [-0.05, 0) is 51.2 Å². The second kappa shape index (κ2) is 6.84. The number of amides is 1. The molecule has 1 unspecified atom stereocenters. The smallest absolute Gasteiger partial charge is 0.251 e. The zero-order chi connectivity index (χ0) is 17.1. The molecule has 1 heterocycles.